The number of hydrogen-bond donors (Lipinski definition) is 2. The van der Waals surface area contributed by atoms with Crippen LogP contribution in [0, 0.1) is 13.8 Å². The fraction of sp³-hybridized carbons (Fsp3) is 0.235. The average molecular weight is 411 g/mol. The highest BCUT2D eigenvalue weighted by atomic mass is 79.9. The maximum absolute atomic E-state index is 12.3. The Balaban J connectivity index is 2.11. The second-order valence-corrected chi connectivity index (χ2v) is 8.16. The molecule has 0 aliphatic rings. The molecule has 0 bridgehead atoms. The maximum atomic E-state index is 12.3. The highest BCUT2D eigenvalue weighted by molar-refractivity contribution is 9.10. The van der Waals surface area contributed by atoms with Gasteiger partial charge in [0.15, 0.2) is 0 Å². The van der Waals surface area contributed by atoms with Crippen molar-refractivity contribution in [1.29, 1.82) is 0 Å². The number of sulfonamides is 1. The predicted octanol–water partition coefficient (Wildman–Crippen LogP) is 3.37. The van der Waals surface area contributed by atoms with Crippen molar-refractivity contribution in [1.82, 2.24) is 4.72 Å². The molecule has 5 nitrogen and oxygen atoms in total. The third kappa shape index (κ3) is 4.43. The minimum Gasteiger partial charge on any atom is -0.324 e. The normalized spacial score (nSPS) is 12.7. The molecule has 0 saturated heterocycles. The first-order valence-electron chi connectivity index (χ1n) is 7.35. The Bertz CT molecular complexity index is 849. The molecule has 2 rings (SSSR count). The predicted molar refractivity (Wildman–Crippen MR) is 98.5 cm³/mol. The van der Waals surface area contributed by atoms with Crippen LogP contribution in [0.3, 0.4) is 0 Å². The van der Waals surface area contributed by atoms with E-state index in [2.05, 4.69) is 26.0 Å². The average Bonchev–Trinajstić information content (AvgIpc) is 2.51. The Hall–Kier alpha value is -1.70. The molecule has 0 aliphatic carbocycles. The molecule has 7 heteroatoms. The first-order chi connectivity index (χ1) is 11.2. The van der Waals surface area contributed by atoms with Crippen molar-refractivity contribution in [3.05, 3.63) is 58.1 Å². The number of halogens is 1. The number of rotatable bonds is 5. The van der Waals surface area contributed by atoms with Crippen LogP contribution < -0.4 is 10.0 Å². The largest absolute Gasteiger partial charge is 0.324 e. The van der Waals surface area contributed by atoms with Crippen molar-refractivity contribution in [2.45, 2.75) is 31.7 Å². The molecule has 0 unspecified atom stereocenters. The van der Waals surface area contributed by atoms with Gasteiger partial charge in [0.05, 0.1) is 10.9 Å². The number of hydrogen-bond acceptors (Lipinski definition) is 3. The van der Waals surface area contributed by atoms with Crippen molar-refractivity contribution in [2.24, 2.45) is 0 Å². The number of carbonyl (C=O) groups is 1. The second kappa shape index (κ2) is 7.46. The molecule has 0 spiro atoms. The van der Waals surface area contributed by atoms with Crippen molar-refractivity contribution in [3.8, 4) is 0 Å². The topological polar surface area (TPSA) is 75.3 Å². The van der Waals surface area contributed by atoms with Crippen LogP contribution in [0.5, 0.6) is 0 Å². The lowest BCUT2D eigenvalue weighted by Crippen LogP contribution is -2.41. The molecule has 128 valence electrons. The highest BCUT2D eigenvalue weighted by Gasteiger charge is 2.22. The van der Waals surface area contributed by atoms with Crippen molar-refractivity contribution in [3.63, 3.8) is 0 Å². The SMILES string of the molecule is Cc1cccc(NC(=O)[C@H](C)NS(=O)(=O)c2ccc(Br)cc2)c1C. The first kappa shape index (κ1) is 18.6. The lowest BCUT2D eigenvalue weighted by Gasteiger charge is -2.16. The van der Waals surface area contributed by atoms with Gasteiger partial charge in [0.1, 0.15) is 0 Å². The van der Waals surface area contributed by atoms with Crippen LogP contribution >= 0.6 is 15.9 Å². The van der Waals surface area contributed by atoms with E-state index in [-0.39, 0.29) is 4.90 Å². The minimum atomic E-state index is -3.76. The smallest absolute Gasteiger partial charge is 0.242 e. The quantitative estimate of drug-likeness (QED) is 0.792. The van der Waals surface area contributed by atoms with Crippen LogP contribution in [0.15, 0.2) is 51.8 Å². The van der Waals surface area contributed by atoms with Gasteiger partial charge in [-0.1, -0.05) is 28.1 Å². The van der Waals surface area contributed by atoms with Crippen LogP contribution in [0.1, 0.15) is 18.1 Å². The summed E-state index contributed by atoms with van der Waals surface area (Å²) in [4.78, 5) is 12.4. The van der Waals surface area contributed by atoms with Gasteiger partial charge in [-0.15, -0.1) is 0 Å². The van der Waals surface area contributed by atoms with Crippen LogP contribution in [0.25, 0.3) is 0 Å². The number of amides is 1. The molecular weight excluding hydrogens is 392 g/mol. The standard InChI is InChI=1S/C17H19BrN2O3S/c1-11-5-4-6-16(12(11)2)19-17(21)13(3)20-24(22,23)15-9-7-14(18)8-10-15/h4-10,13,20H,1-3H3,(H,19,21)/t13-/m0/s1. The van der Waals surface area contributed by atoms with E-state index in [1.807, 2.05) is 26.0 Å². The lowest BCUT2D eigenvalue weighted by atomic mass is 10.1. The summed E-state index contributed by atoms with van der Waals surface area (Å²) in [6.45, 7) is 5.36. The first-order valence-corrected chi connectivity index (χ1v) is 9.63. The zero-order chi connectivity index (χ0) is 17.9. The van der Waals surface area contributed by atoms with Gasteiger partial charge in [-0.25, -0.2) is 8.42 Å². The molecule has 0 fully saturated rings. The summed E-state index contributed by atoms with van der Waals surface area (Å²) in [5, 5.41) is 2.76. The van der Waals surface area contributed by atoms with E-state index in [1.54, 1.807) is 18.2 Å². The third-order valence-corrected chi connectivity index (χ3v) is 5.80. The Morgan fingerprint density at radius 3 is 2.33 bits per heavy atom. The summed E-state index contributed by atoms with van der Waals surface area (Å²) >= 11 is 3.26. The van der Waals surface area contributed by atoms with Gasteiger partial charge < -0.3 is 5.32 Å². The van der Waals surface area contributed by atoms with Gasteiger partial charge in [-0.2, -0.15) is 4.72 Å². The summed E-state index contributed by atoms with van der Waals surface area (Å²) in [5.41, 5.74) is 2.68. The van der Waals surface area contributed by atoms with E-state index in [0.717, 1.165) is 15.6 Å². The van der Waals surface area contributed by atoms with Crippen LogP contribution in [0.2, 0.25) is 0 Å². The fourth-order valence-electron chi connectivity index (χ4n) is 2.10. The number of aryl methyl sites for hydroxylation is 1. The number of nitrogens with one attached hydrogen (secondary N) is 2. The molecule has 1 amide bonds. The summed E-state index contributed by atoms with van der Waals surface area (Å²) in [7, 11) is -3.76. The van der Waals surface area contributed by atoms with Crippen molar-refractivity contribution < 1.29 is 13.2 Å². The summed E-state index contributed by atoms with van der Waals surface area (Å²) in [6, 6.07) is 10.9. The van der Waals surface area contributed by atoms with Gasteiger partial charge in [0.2, 0.25) is 15.9 Å². The van der Waals surface area contributed by atoms with Gasteiger partial charge >= 0.3 is 0 Å². The zero-order valence-corrected chi connectivity index (χ0v) is 16.0. The summed E-state index contributed by atoms with van der Waals surface area (Å²) in [6.07, 6.45) is 0. The molecule has 2 aromatic rings. The van der Waals surface area contributed by atoms with E-state index in [0.29, 0.717) is 5.69 Å². The second-order valence-electron chi connectivity index (χ2n) is 5.53. The van der Waals surface area contributed by atoms with E-state index >= 15 is 0 Å². The van der Waals surface area contributed by atoms with Crippen molar-refractivity contribution >= 4 is 37.5 Å². The third-order valence-electron chi connectivity index (χ3n) is 3.71. The van der Waals surface area contributed by atoms with Gasteiger partial charge in [0, 0.05) is 10.2 Å². The monoisotopic (exact) mass is 410 g/mol. The molecular formula is C17H19BrN2O3S. The molecule has 0 radical (unpaired) electrons. The zero-order valence-electron chi connectivity index (χ0n) is 13.6. The van der Waals surface area contributed by atoms with E-state index in [4.69, 9.17) is 0 Å². The van der Waals surface area contributed by atoms with Gasteiger partial charge in [0.25, 0.3) is 0 Å². The Kier molecular flexibility index (Phi) is 5.79. The van der Waals surface area contributed by atoms with Gasteiger partial charge in [-0.05, 0) is 62.2 Å². The molecule has 1 atom stereocenters. The van der Waals surface area contributed by atoms with Crippen LogP contribution in [-0.4, -0.2) is 20.4 Å². The maximum Gasteiger partial charge on any atom is 0.242 e. The van der Waals surface area contributed by atoms with Crippen LogP contribution in [0.4, 0.5) is 5.69 Å². The minimum absolute atomic E-state index is 0.108. The number of carbonyl (C=O) groups excluding carboxylic acids is 1. The fourth-order valence-corrected chi connectivity index (χ4v) is 3.56. The molecule has 24 heavy (non-hydrogen) atoms. The number of anilines is 1. The molecule has 2 N–H and O–H groups in total. The van der Waals surface area contributed by atoms with E-state index in [9.17, 15) is 13.2 Å². The Morgan fingerprint density at radius 2 is 1.71 bits per heavy atom. The highest BCUT2D eigenvalue weighted by Crippen LogP contribution is 2.19. The molecule has 2 aromatic carbocycles. The Labute approximate surface area is 150 Å². The molecule has 0 aromatic heterocycles. The summed E-state index contributed by atoms with van der Waals surface area (Å²) in [5.74, 6) is -0.413. The van der Waals surface area contributed by atoms with E-state index in [1.165, 1.54) is 19.1 Å². The lowest BCUT2D eigenvalue weighted by molar-refractivity contribution is -0.117. The van der Waals surface area contributed by atoms with E-state index < -0.39 is 22.0 Å². The van der Waals surface area contributed by atoms with Gasteiger partial charge in [-0.3, -0.25) is 4.79 Å². The Morgan fingerprint density at radius 1 is 1.08 bits per heavy atom. The molecule has 0 aliphatic heterocycles. The molecule has 0 heterocycles. The number of benzene rings is 2. The molecule has 0 saturated carbocycles. The van der Waals surface area contributed by atoms with Crippen LogP contribution in [-0.2, 0) is 14.8 Å². The van der Waals surface area contributed by atoms with Crippen molar-refractivity contribution in [2.75, 3.05) is 5.32 Å². The summed E-state index contributed by atoms with van der Waals surface area (Å²) < 4.78 is 27.8.